The number of aliphatic hydroxyl groups is 1. The Labute approximate surface area is 129 Å². The van der Waals surface area contributed by atoms with Gasteiger partial charge in [-0.05, 0) is 23.9 Å². The van der Waals surface area contributed by atoms with Crippen LogP contribution in [0.4, 0.5) is 0 Å². The molecular weight excluding hydrogens is 306 g/mol. The molecule has 21 heavy (non-hydrogen) atoms. The third kappa shape index (κ3) is 4.93. The van der Waals surface area contributed by atoms with Crippen LogP contribution in [0.2, 0.25) is 0 Å². The Balaban J connectivity index is 1.81. The first kappa shape index (κ1) is 16.2. The Kier molecular flexibility index (Phi) is 5.52. The number of rotatable bonds is 7. The summed E-state index contributed by atoms with van der Waals surface area (Å²) in [6.45, 7) is 2.88. The predicted molar refractivity (Wildman–Crippen MR) is 85.3 cm³/mol. The minimum absolute atomic E-state index is 0.249. The van der Waals surface area contributed by atoms with Crippen LogP contribution in [0, 0.1) is 6.92 Å². The van der Waals surface area contributed by atoms with Crippen molar-refractivity contribution in [3.63, 3.8) is 0 Å². The molecule has 0 bridgehead atoms. The quantitative estimate of drug-likeness (QED) is 0.817. The molecule has 0 saturated heterocycles. The molecule has 1 heterocycles. The van der Waals surface area contributed by atoms with Crippen molar-refractivity contribution in [2.24, 2.45) is 0 Å². The predicted octanol–water partition coefficient (Wildman–Crippen LogP) is 1.98. The summed E-state index contributed by atoms with van der Waals surface area (Å²) < 4.78 is 24.3. The van der Waals surface area contributed by atoms with E-state index in [1.807, 2.05) is 25.1 Å². The molecule has 2 rings (SSSR count). The van der Waals surface area contributed by atoms with E-state index < -0.39 is 15.9 Å². The van der Waals surface area contributed by atoms with Gasteiger partial charge in [-0.25, -0.2) is 8.42 Å². The molecule has 0 spiro atoms. The first-order valence-corrected chi connectivity index (χ1v) is 9.21. The van der Waals surface area contributed by atoms with Gasteiger partial charge in [-0.3, -0.25) is 0 Å². The summed E-state index contributed by atoms with van der Waals surface area (Å²) in [5.74, 6) is -0.256. The van der Waals surface area contributed by atoms with Gasteiger partial charge in [0.25, 0.3) is 0 Å². The number of aliphatic hydroxyl groups excluding tert-OH is 1. The molecule has 0 fully saturated rings. The summed E-state index contributed by atoms with van der Waals surface area (Å²) in [4.78, 5) is 0. The Bertz CT molecular complexity index is 666. The highest BCUT2D eigenvalue weighted by Crippen LogP contribution is 2.18. The molecule has 1 unspecified atom stereocenters. The Morgan fingerprint density at radius 1 is 1.29 bits per heavy atom. The summed E-state index contributed by atoms with van der Waals surface area (Å²) in [6.07, 6.45) is -0.915. The van der Waals surface area contributed by atoms with Crippen molar-refractivity contribution in [1.82, 2.24) is 5.32 Å². The molecule has 6 heteroatoms. The van der Waals surface area contributed by atoms with Crippen LogP contribution in [0.15, 0.2) is 46.0 Å². The maximum atomic E-state index is 12.0. The first-order chi connectivity index (χ1) is 9.97. The van der Waals surface area contributed by atoms with E-state index in [0.717, 1.165) is 5.56 Å². The number of aryl methyl sites for hydroxylation is 1. The van der Waals surface area contributed by atoms with E-state index in [4.69, 9.17) is 0 Å². The SMILES string of the molecule is Cc1cccc(CNCC(O)CS(=O)(=O)c2cccs2)c1. The van der Waals surface area contributed by atoms with E-state index in [9.17, 15) is 13.5 Å². The minimum Gasteiger partial charge on any atom is -0.391 e. The fourth-order valence-electron chi connectivity index (χ4n) is 2.04. The van der Waals surface area contributed by atoms with Gasteiger partial charge in [-0.1, -0.05) is 35.9 Å². The van der Waals surface area contributed by atoms with Crippen LogP contribution in [-0.2, 0) is 16.4 Å². The van der Waals surface area contributed by atoms with Gasteiger partial charge in [0.15, 0.2) is 9.84 Å². The molecule has 0 aliphatic carbocycles. The van der Waals surface area contributed by atoms with Crippen molar-refractivity contribution in [1.29, 1.82) is 0 Å². The number of hydrogen-bond acceptors (Lipinski definition) is 5. The number of sulfone groups is 1. The highest BCUT2D eigenvalue weighted by Gasteiger charge is 2.20. The van der Waals surface area contributed by atoms with Gasteiger partial charge in [0.2, 0.25) is 0 Å². The van der Waals surface area contributed by atoms with Crippen LogP contribution in [0.25, 0.3) is 0 Å². The highest BCUT2D eigenvalue weighted by molar-refractivity contribution is 7.93. The molecule has 2 N–H and O–H groups in total. The smallest absolute Gasteiger partial charge is 0.190 e. The standard InChI is InChI=1S/C15H19NO3S2/c1-12-4-2-5-13(8-12)9-16-10-14(17)11-21(18,19)15-6-3-7-20-15/h2-8,14,16-17H,9-11H2,1H3. The second kappa shape index (κ2) is 7.17. The third-order valence-electron chi connectivity index (χ3n) is 3.00. The van der Waals surface area contributed by atoms with Gasteiger partial charge in [-0.2, -0.15) is 0 Å². The minimum atomic E-state index is -3.39. The average Bonchev–Trinajstić information content (AvgIpc) is 2.92. The van der Waals surface area contributed by atoms with Crippen LogP contribution in [0.3, 0.4) is 0 Å². The van der Waals surface area contributed by atoms with E-state index in [-0.39, 0.29) is 12.3 Å². The van der Waals surface area contributed by atoms with E-state index in [2.05, 4.69) is 11.4 Å². The van der Waals surface area contributed by atoms with Gasteiger partial charge < -0.3 is 10.4 Å². The van der Waals surface area contributed by atoms with Gasteiger partial charge >= 0.3 is 0 Å². The number of nitrogens with one attached hydrogen (secondary N) is 1. The van der Waals surface area contributed by atoms with Crippen LogP contribution >= 0.6 is 11.3 Å². The fourth-order valence-corrected chi connectivity index (χ4v) is 4.52. The van der Waals surface area contributed by atoms with E-state index in [1.165, 1.54) is 16.9 Å². The molecule has 2 aromatic rings. The van der Waals surface area contributed by atoms with Crippen molar-refractivity contribution in [2.75, 3.05) is 12.3 Å². The van der Waals surface area contributed by atoms with E-state index >= 15 is 0 Å². The highest BCUT2D eigenvalue weighted by atomic mass is 32.2. The van der Waals surface area contributed by atoms with Crippen LogP contribution in [0.5, 0.6) is 0 Å². The van der Waals surface area contributed by atoms with Crippen LogP contribution in [0.1, 0.15) is 11.1 Å². The maximum Gasteiger partial charge on any atom is 0.190 e. The number of hydrogen-bond donors (Lipinski definition) is 2. The summed E-state index contributed by atoms with van der Waals surface area (Å²) >= 11 is 1.17. The lowest BCUT2D eigenvalue weighted by Gasteiger charge is -2.12. The molecule has 0 radical (unpaired) electrons. The molecular formula is C15H19NO3S2. The first-order valence-electron chi connectivity index (χ1n) is 6.68. The lowest BCUT2D eigenvalue weighted by molar-refractivity contribution is 0.193. The monoisotopic (exact) mass is 325 g/mol. The zero-order valence-corrected chi connectivity index (χ0v) is 13.5. The zero-order valence-electron chi connectivity index (χ0n) is 11.8. The molecule has 0 aliphatic rings. The van der Waals surface area contributed by atoms with Gasteiger partial charge in [0.1, 0.15) is 4.21 Å². The maximum absolute atomic E-state index is 12.0. The largest absolute Gasteiger partial charge is 0.391 e. The molecule has 1 aromatic carbocycles. The Hall–Kier alpha value is -1.21. The molecule has 114 valence electrons. The van der Waals surface area contributed by atoms with Crippen molar-refractivity contribution in [2.45, 2.75) is 23.8 Å². The molecule has 1 atom stereocenters. The average molecular weight is 325 g/mol. The van der Waals surface area contributed by atoms with Crippen molar-refractivity contribution >= 4 is 21.2 Å². The molecule has 0 amide bonds. The van der Waals surface area contributed by atoms with E-state index in [0.29, 0.717) is 10.8 Å². The molecule has 0 aliphatic heterocycles. The molecule has 0 saturated carbocycles. The number of thiophene rings is 1. The van der Waals surface area contributed by atoms with Crippen molar-refractivity contribution < 1.29 is 13.5 Å². The summed E-state index contributed by atoms with van der Waals surface area (Å²) in [6, 6.07) is 11.3. The van der Waals surface area contributed by atoms with Gasteiger partial charge in [-0.15, -0.1) is 11.3 Å². The van der Waals surface area contributed by atoms with Crippen molar-refractivity contribution in [3.8, 4) is 0 Å². The third-order valence-corrected chi connectivity index (χ3v) is 6.29. The van der Waals surface area contributed by atoms with Crippen LogP contribution in [-0.4, -0.2) is 31.9 Å². The Morgan fingerprint density at radius 2 is 2.10 bits per heavy atom. The summed E-state index contributed by atoms with van der Waals surface area (Å²) in [7, 11) is -3.39. The molecule has 1 aromatic heterocycles. The van der Waals surface area contributed by atoms with Crippen molar-refractivity contribution in [3.05, 3.63) is 52.9 Å². The van der Waals surface area contributed by atoms with Crippen LogP contribution < -0.4 is 5.32 Å². The fraction of sp³-hybridized carbons (Fsp3) is 0.333. The normalized spacial score (nSPS) is 13.2. The lowest BCUT2D eigenvalue weighted by atomic mass is 10.1. The Morgan fingerprint density at radius 3 is 2.76 bits per heavy atom. The summed E-state index contributed by atoms with van der Waals surface area (Å²) in [5, 5.41) is 14.7. The number of benzene rings is 1. The summed E-state index contributed by atoms with van der Waals surface area (Å²) in [5.41, 5.74) is 2.29. The van der Waals surface area contributed by atoms with E-state index in [1.54, 1.807) is 17.5 Å². The molecule has 4 nitrogen and oxygen atoms in total. The lowest BCUT2D eigenvalue weighted by Crippen LogP contribution is -2.32. The topological polar surface area (TPSA) is 66.4 Å². The van der Waals surface area contributed by atoms with Gasteiger partial charge in [0, 0.05) is 13.1 Å². The zero-order chi connectivity index (χ0) is 15.3. The second-order valence-corrected chi connectivity index (χ2v) is 8.20. The van der Waals surface area contributed by atoms with Gasteiger partial charge in [0.05, 0.1) is 11.9 Å². The second-order valence-electron chi connectivity index (χ2n) is 4.99.